The molecule has 2 rings (SSSR count). The first-order valence-corrected chi connectivity index (χ1v) is 7.20. The van der Waals surface area contributed by atoms with Crippen LogP contribution in [0.15, 0.2) is 34.8 Å². The molecule has 0 aliphatic rings. The Morgan fingerprint density at radius 3 is 2.45 bits per heavy atom. The summed E-state index contributed by atoms with van der Waals surface area (Å²) in [4.78, 5) is 12.8. The highest BCUT2D eigenvalue weighted by atomic mass is 79.9. The molecule has 0 atom stereocenters. The molecule has 0 saturated carbocycles. The Kier molecular flexibility index (Phi) is 4.29. The van der Waals surface area contributed by atoms with E-state index in [1.54, 1.807) is 7.11 Å². The third-order valence-electron chi connectivity index (χ3n) is 3.37. The van der Waals surface area contributed by atoms with Gasteiger partial charge in [0, 0.05) is 10.0 Å². The molecular formula is C17H17BrO2. The van der Waals surface area contributed by atoms with Gasteiger partial charge in [0.2, 0.25) is 0 Å². The number of benzene rings is 2. The molecule has 2 aromatic carbocycles. The lowest BCUT2D eigenvalue weighted by Gasteiger charge is -2.15. The van der Waals surface area contributed by atoms with Crippen LogP contribution in [0.3, 0.4) is 0 Å². The van der Waals surface area contributed by atoms with Crippen LogP contribution >= 0.6 is 15.9 Å². The Morgan fingerprint density at radius 1 is 1.15 bits per heavy atom. The summed E-state index contributed by atoms with van der Waals surface area (Å²) >= 11 is 3.51. The van der Waals surface area contributed by atoms with Crippen LogP contribution in [-0.2, 0) is 0 Å². The van der Waals surface area contributed by atoms with Crippen molar-refractivity contribution in [2.75, 3.05) is 7.11 Å². The van der Waals surface area contributed by atoms with Gasteiger partial charge in [0.1, 0.15) is 5.75 Å². The number of methoxy groups -OCH3 is 1. The fraction of sp³-hybridized carbons (Fsp3) is 0.235. The monoisotopic (exact) mass is 332 g/mol. The van der Waals surface area contributed by atoms with Crippen LogP contribution < -0.4 is 4.74 Å². The summed E-state index contributed by atoms with van der Waals surface area (Å²) in [5.41, 5.74) is 4.23. The second-order valence-corrected chi connectivity index (χ2v) is 5.76. The molecular weight excluding hydrogens is 316 g/mol. The third kappa shape index (κ3) is 2.63. The summed E-state index contributed by atoms with van der Waals surface area (Å²) in [6, 6.07) is 9.59. The van der Waals surface area contributed by atoms with E-state index in [9.17, 15) is 4.79 Å². The standard InChI is InChI=1S/C17H17BrO2/c1-10-6-5-7-13(8-10)16(19)15-12(3)14(18)9-11(2)17(15)20-4/h5-9H,1-4H3. The number of hydrogen-bond donors (Lipinski definition) is 0. The van der Waals surface area contributed by atoms with Crippen molar-refractivity contribution in [2.45, 2.75) is 20.8 Å². The fourth-order valence-electron chi connectivity index (χ4n) is 2.32. The van der Waals surface area contributed by atoms with Crippen molar-refractivity contribution in [1.29, 1.82) is 0 Å². The highest BCUT2D eigenvalue weighted by molar-refractivity contribution is 9.10. The summed E-state index contributed by atoms with van der Waals surface area (Å²) in [7, 11) is 1.60. The molecule has 0 fully saturated rings. The van der Waals surface area contributed by atoms with Crippen molar-refractivity contribution >= 4 is 21.7 Å². The van der Waals surface area contributed by atoms with Gasteiger partial charge in [-0.1, -0.05) is 39.7 Å². The number of rotatable bonds is 3. The van der Waals surface area contributed by atoms with Gasteiger partial charge >= 0.3 is 0 Å². The van der Waals surface area contributed by atoms with Gasteiger partial charge in [0.15, 0.2) is 5.78 Å². The number of carbonyl (C=O) groups excluding carboxylic acids is 1. The summed E-state index contributed by atoms with van der Waals surface area (Å²) in [6.45, 7) is 5.85. The van der Waals surface area contributed by atoms with Crippen LogP contribution in [-0.4, -0.2) is 12.9 Å². The lowest BCUT2D eigenvalue weighted by atomic mass is 9.95. The van der Waals surface area contributed by atoms with Gasteiger partial charge in [-0.2, -0.15) is 0 Å². The van der Waals surface area contributed by atoms with Crippen LogP contribution in [0.2, 0.25) is 0 Å². The average molecular weight is 333 g/mol. The average Bonchev–Trinajstić information content (AvgIpc) is 2.41. The zero-order valence-electron chi connectivity index (χ0n) is 12.1. The number of aryl methyl sites for hydroxylation is 2. The minimum absolute atomic E-state index is 0.00699. The molecule has 0 aliphatic heterocycles. The molecule has 104 valence electrons. The van der Waals surface area contributed by atoms with Crippen LogP contribution in [0, 0.1) is 20.8 Å². The number of halogens is 1. The molecule has 3 heteroatoms. The van der Waals surface area contributed by atoms with Crippen molar-refractivity contribution in [3.63, 3.8) is 0 Å². The summed E-state index contributed by atoms with van der Waals surface area (Å²) in [5, 5.41) is 0. The van der Waals surface area contributed by atoms with Crippen molar-refractivity contribution in [1.82, 2.24) is 0 Å². The molecule has 0 aliphatic carbocycles. The predicted octanol–water partition coefficient (Wildman–Crippen LogP) is 4.61. The molecule has 0 saturated heterocycles. The van der Waals surface area contributed by atoms with E-state index in [0.29, 0.717) is 16.9 Å². The van der Waals surface area contributed by atoms with Gasteiger partial charge in [-0.15, -0.1) is 0 Å². The SMILES string of the molecule is COc1c(C)cc(Br)c(C)c1C(=O)c1cccc(C)c1. The topological polar surface area (TPSA) is 26.3 Å². The zero-order valence-corrected chi connectivity index (χ0v) is 13.7. The van der Waals surface area contributed by atoms with Crippen LogP contribution in [0.1, 0.15) is 32.6 Å². The van der Waals surface area contributed by atoms with E-state index < -0.39 is 0 Å². The second-order valence-electron chi connectivity index (χ2n) is 4.91. The van der Waals surface area contributed by atoms with E-state index in [2.05, 4.69) is 15.9 Å². The zero-order chi connectivity index (χ0) is 14.9. The van der Waals surface area contributed by atoms with E-state index >= 15 is 0 Å². The Labute approximate surface area is 127 Å². The molecule has 0 radical (unpaired) electrons. The van der Waals surface area contributed by atoms with Crippen molar-refractivity contribution in [3.05, 3.63) is 62.6 Å². The summed E-state index contributed by atoms with van der Waals surface area (Å²) in [6.07, 6.45) is 0. The summed E-state index contributed by atoms with van der Waals surface area (Å²) in [5.74, 6) is 0.643. The minimum atomic E-state index is -0.00699. The first-order chi connectivity index (χ1) is 9.45. The van der Waals surface area contributed by atoms with Gasteiger partial charge in [-0.05, 0) is 44.0 Å². The Balaban J connectivity index is 2.65. The molecule has 0 spiro atoms. The van der Waals surface area contributed by atoms with Gasteiger partial charge in [0.05, 0.1) is 12.7 Å². The third-order valence-corrected chi connectivity index (χ3v) is 4.20. The maximum absolute atomic E-state index is 12.8. The van der Waals surface area contributed by atoms with Crippen LogP contribution in [0.25, 0.3) is 0 Å². The molecule has 0 N–H and O–H groups in total. The lowest BCUT2D eigenvalue weighted by molar-refractivity contribution is 0.103. The molecule has 0 amide bonds. The quantitative estimate of drug-likeness (QED) is 0.767. The normalized spacial score (nSPS) is 10.4. The predicted molar refractivity (Wildman–Crippen MR) is 84.8 cm³/mol. The van der Waals surface area contributed by atoms with E-state index in [1.807, 2.05) is 51.1 Å². The fourth-order valence-corrected chi connectivity index (χ4v) is 2.86. The van der Waals surface area contributed by atoms with Crippen LogP contribution in [0.4, 0.5) is 0 Å². The maximum Gasteiger partial charge on any atom is 0.197 e. The maximum atomic E-state index is 12.8. The largest absolute Gasteiger partial charge is 0.496 e. The molecule has 0 heterocycles. The Bertz CT molecular complexity index is 675. The van der Waals surface area contributed by atoms with E-state index in [4.69, 9.17) is 4.74 Å². The van der Waals surface area contributed by atoms with Crippen molar-refractivity contribution in [2.24, 2.45) is 0 Å². The smallest absolute Gasteiger partial charge is 0.197 e. The van der Waals surface area contributed by atoms with Gasteiger partial charge < -0.3 is 4.74 Å². The number of carbonyl (C=O) groups is 1. The van der Waals surface area contributed by atoms with E-state index in [0.717, 1.165) is 21.2 Å². The minimum Gasteiger partial charge on any atom is -0.496 e. The Hall–Kier alpha value is -1.61. The number of ether oxygens (including phenoxy) is 1. The highest BCUT2D eigenvalue weighted by Gasteiger charge is 2.21. The number of hydrogen-bond acceptors (Lipinski definition) is 2. The van der Waals surface area contributed by atoms with Gasteiger partial charge in [-0.3, -0.25) is 4.79 Å². The molecule has 0 aromatic heterocycles. The highest BCUT2D eigenvalue weighted by Crippen LogP contribution is 2.33. The first-order valence-electron chi connectivity index (χ1n) is 6.40. The molecule has 2 nitrogen and oxygen atoms in total. The molecule has 20 heavy (non-hydrogen) atoms. The first kappa shape index (κ1) is 14.8. The second kappa shape index (κ2) is 5.80. The lowest BCUT2D eigenvalue weighted by Crippen LogP contribution is -2.08. The number of ketones is 1. The van der Waals surface area contributed by atoms with Gasteiger partial charge in [-0.25, -0.2) is 0 Å². The Morgan fingerprint density at radius 2 is 1.85 bits per heavy atom. The van der Waals surface area contributed by atoms with Crippen molar-refractivity contribution < 1.29 is 9.53 Å². The molecule has 2 aromatic rings. The van der Waals surface area contributed by atoms with E-state index in [-0.39, 0.29) is 5.78 Å². The molecule has 0 unspecified atom stereocenters. The van der Waals surface area contributed by atoms with Crippen LogP contribution in [0.5, 0.6) is 5.75 Å². The van der Waals surface area contributed by atoms with E-state index in [1.165, 1.54) is 0 Å². The molecule has 0 bridgehead atoms. The summed E-state index contributed by atoms with van der Waals surface area (Å²) < 4.78 is 6.37. The van der Waals surface area contributed by atoms with Crippen molar-refractivity contribution in [3.8, 4) is 5.75 Å². The van der Waals surface area contributed by atoms with Gasteiger partial charge in [0.25, 0.3) is 0 Å².